The van der Waals surface area contributed by atoms with Crippen molar-refractivity contribution in [2.24, 2.45) is 11.8 Å². The Morgan fingerprint density at radius 1 is 1.33 bits per heavy atom. The highest BCUT2D eigenvalue weighted by Crippen LogP contribution is 2.42. The molecule has 2 fully saturated rings. The van der Waals surface area contributed by atoms with Crippen LogP contribution in [0, 0.1) is 11.8 Å². The first-order valence-electron chi connectivity index (χ1n) is 8.78. The van der Waals surface area contributed by atoms with E-state index < -0.39 is 0 Å². The van der Waals surface area contributed by atoms with Crippen molar-refractivity contribution in [2.45, 2.75) is 25.3 Å². The highest BCUT2D eigenvalue weighted by atomic mass is 16.5. The summed E-state index contributed by atoms with van der Waals surface area (Å²) in [6.07, 6.45) is 3.32. The maximum absolute atomic E-state index is 12.6. The topological polar surface area (TPSA) is 54.7 Å². The first-order chi connectivity index (χ1) is 11.7. The van der Waals surface area contributed by atoms with Gasteiger partial charge in [-0.05, 0) is 37.3 Å². The van der Waals surface area contributed by atoms with Gasteiger partial charge in [-0.3, -0.25) is 0 Å². The van der Waals surface area contributed by atoms with E-state index in [2.05, 4.69) is 11.4 Å². The molecule has 2 aliphatic rings. The van der Waals surface area contributed by atoms with E-state index in [9.17, 15) is 4.79 Å². The number of carbonyl (C=O) groups excluding carboxylic acids is 1. The Bertz CT molecular complexity index is 683. The molecule has 128 valence electrons. The van der Waals surface area contributed by atoms with Crippen molar-refractivity contribution >= 4 is 17.0 Å². The standard InChI is InChI=1S/C19H24N2O3/c1-21(11-13-8-9-23-12-13)19(22)20-18(14-6-7-14)17-10-15-4-2-3-5-16(15)24-17/h2-5,10,13-14,18H,6-9,11-12H2,1H3,(H,20,22)/t13-,18-/m0/s1. The normalized spacial score (nSPS) is 21.8. The minimum atomic E-state index is -0.0350. The van der Waals surface area contributed by atoms with E-state index in [4.69, 9.17) is 9.15 Å². The Morgan fingerprint density at radius 2 is 2.17 bits per heavy atom. The molecule has 0 bridgehead atoms. The predicted octanol–water partition coefficient (Wildman–Crippen LogP) is 3.56. The molecule has 1 aromatic carbocycles. The zero-order chi connectivity index (χ0) is 16.5. The number of carbonyl (C=O) groups is 1. The number of benzene rings is 1. The molecule has 5 heteroatoms. The summed E-state index contributed by atoms with van der Waals surface area (Å²) in [5.41, 5.74) is 0.879. The molecule has 1 aliphatic heterocycles. The molecule has 0 unspecified atom stereocenters. The van der Waals surface area contributed by atoms with Crippen molar-refractivity contribution < 1.29 is 13.9 Å². The number of nitrogens with one attached hydrogen (secondary N) is 1. The van der Waals surface area contributed by atoms with Gasteiger partial charge in [0.15, 0.2) is 0 Å². The van der Waals surface area contributed by atoms with Gasteiger partial charge in [0, 0.05) is 31.5 Å². The van der Waals surface area contributed by atoms with Crippen LogP contribution in [0.25, 0.3) is 11.0 Å². The van der Waals surface area contributed by atoms with Crippen LogP contribution in [0.3, 0.4) is 0 Å². The summed E-state index contributed by atoms with van der Waals surface area (Å²) in [6, 6.07) is 9.98. The van der Waals surface area contributed by atoms with Crippen molar-refractivity contribution in [3.8, 4) is 0 Å². The van der Waals surface area contributed by atoms with Crippen molar-refractivity contribution in [1.29, 1.82) is 0 Å². The van der Waals surface area contributed by atoms with Gasteiger partial charge < -0.3 is 19.4 Å². The quantitative estimate of drug-likeness (QED) is 0.913. The second kappa shape index (κ2) is 6.48. The van der Waals surface area contributed by atoms with Crippen LogP contribution < -0.4 is 5.32 Å². The number of urea groups is 1. The molecule has 2 heterocycles. The fourth-order valence-corrected chi connectivity index (χ4v) is 3.45. The van der Waals surface area contributed by atoms with Crippen LogP contribution in [-0.4, -0.2) is 37.7 Å². The number of furan rings is 1. The molecule has 2 aromatic rings. The minimum Gasteiger partial charge on any atom is -0.459 e. The summed E-state index contributed by atoms with van der Waals surface area (Å²) < 4.78 is 11.4. The summed E-state index contributed by atoms with van der Waals surface area (Å²) in [5.74, 6) is 1.80. The van der Waals surface area contributed by atoms with E-state index >= 15 is 0 Å². The molecule has 24 heavy (non-hydrogen) atoms. The number of rotatable bonds is 5. The van der Waals surface area contributed by atoms with Crippen LogP contribution in [0.1, 0.15) is 31.1 Å². The van der Waals surface area contributed by atoms with E-state index in [1.54, 1.807) is 4.90 Å². The molecule has 0 radical (unpaired) electrons. The Hall–Kier alpha value is -2.01. The van der Waals surface area contributed by atoms with Gasteiger partial charge in [0.1, 0.15) is 11.3 Å². The summed E-state index contributed by atoms with van der Waals surface area (Å²) in [4.78, 5) is 14.4. The van der Waals surface area contributed by atoms with Gasteiger partial charge in [-0.2, -0.15) is 0 Å². The number of amides is 2. The highest BCUT2D eigenvalue weighted by Gasteiger charge is 2.36. The third kappa shape index (κ3) is 3.26. The van der Waals surface area contributed by atoms with Crippen LogP contribution in [-0.2, 0) is 4.74 Å². The SMILES string of the molecule is CN(C[C@@H]1CCOC1)C(=O)N[C@H](c1cc2ccccc2o1)C1CC1. The van der Waals surface area contributed by atoms with Crippen molar-refractivity contribution in [3.63, 3.8) is 0 Å². The summed E-state index contributed by atoms with van der Waals surface area (Å²) in [5, 5.41) is 4.27. The van der Waals surface area contributed by atoms with Crippen molar-refractivity contribution in [3.05, 3.63) is 36.1 Å². The average Bonchev–Trinajstić information content (AvgIpc) is 3.12. The second-order valence-corrected chi connectivity index (χ2v) is 7.06. The maximum atomic E-state index is 12.6. The molecule has 1 saturated carbocycles. The molecule has 5 nitrogen and oxygen atoms in total. The van der Waals surface area contributed by atoms with Crippen LogP contribution in [0.2, 0.25) is 0 Å². The Kier molecular flexibility index (Phi) is 4.19. The van der Waals surface area contributed by atoms with Crippen molar-refractivity contribution in [2.75, 3.05) is 26.8 Å². The lowest BCUT2D eigenvalue weighted by Gasteiger charge is -2.24. The molecule has 1 aliphatic carbocycles. The number of para-hydroxylation sites is 1. The highest BCUT2D eigenvalue weighted by molar-refractivity contribution is 5.78. The summed E-state index contributed by atoms with van der Waals surface area (Å²) >= 11 is 0. The van der Waals surface area contributed by atoms with Crippen LogP contribution in [0.15, 0.2) is 34.7 Å². The molecular formula is C19H24N2O3. The fourth-order valence-electron chi connectivity index (χ4n) is 3.45. The molecule has 2 atom stereocenters. The molecule has 4 rings (SSSR count). The largest absolute Gasteiger partial charge is 0.459 e. The molecule has 1 saturated heterocycles. The maximum Gasteiger partial charge on any atom is 0.317 e. The number of nitrogens with zero attached hydrogens (tertiary/aromatic N) is 1. The Balaban J connectivity index is 1.46. The van der Waals surface area contributed by atoms with Gasteiger partial charge >= 0.3 is 6.03 Å². The summed E-state index contributed by atoms with van der Waals surface area (Å²) in [6.45, 7) is 2.31. The lowest BCUT2D eigenvalue weighted by molar-refractivity contribution is 0.169. The van der Waals surface area contributed by atoms with Gasteiger partial charge in [-0.15, -0.1) is 0 Å². The van der Waals surface area contributed by atoms with E-state index in [-0.39, 0.29) is 12.1 Å². The fraction of sp³-hybridized carbons (Fsp3) is 0.526. The van der Waals surface area contributed by atoms with E-state index in [0.29, 0.717) is 11.8 Å². The minimum absolute atomic E-state index is 0.0285. The van der Waals surface area contributed by atoms with E-state index in [1.807, 2.05) is 31.3 Å². The Labute approximate surface area is 141 Å². The molecule has 2 amide bonds. The molecule has 0 spiro atoms. The smallest absolute Gasteiger partial charge is 0.317 e. The van der Waals surface area contributed by atoms with E-state index in [1.165, 1.54) is 0 Å². The monoisotopic (exact) mass is 328 g/mol. The zero-order valence-electron chi connectivity index (χ0n) is 14.0. The van der Waals surface area contributed by atoms with Crippen LogP contribution >= 0.6 is 0 Å². The predicted molar refractivity (Wildman–Crippen MR) is 91.8 cm³/mol. The van der Waals surface area contributed by atoms with Gasteiger partial charge in [0.2, 0.25) is 0 Å². The first-order valence-corrected chi connectivity index (χ1v) is 8.78. The Morgan fingerprint density at radius 3 is 2.88 bits per heavy atom. The first kappa shape index (κ1) is 15.5. The van der Waals surface area contributed by atoms with Crippen LogP contribution in [0.5, 0.6) is 0 Å². The molecule has 1 aromatic heterocycles. The van der Waals surface area contributed by atoms with Gasteiger partial charge in [-0.1, -0.05) is 18.2 Å². The van der Waals surface area contributed by atoms with Crippen LogP contribution in [0.4, 0.5) is 4.79 Å². The molecular weight excluding hydrogens is 304 g/mol. The third-order valence-electron chi connectivity index (χ3n) is 5.03. The third-order valence-corrected chi connectivity index (χ3v) is 5.03. The average molecular weight is 328 g/mol. The zero-order valence-corrected chi connectivity index (χ0v) is 14.0. The lowest BCUT2D eigenvalue weighted by Crippen LogP contribution is -2.42. The number of fused-ring (bicyclic) bond motifs is 1. The molecule has 1 N–H and O–H groups in total. The second-order valence-electron chi connectivity index (χ2n) is 7.06. The summed E-state index contributed by atoms with van der Waals surface area (Å²) in [7, 11) is 1.86. The lowest BCUT2D eigenvalue weighted by atomic mass is 10.1. The number of hydrogen-bond acceptors (Lipinski definition) is 3. The number of hydrogen-bond donors (Lipinski definition) is 1. The van der Waals surface area contributed by atoms with Gasteiger partial charge in [0.05, 0.1) is 12.6 Å². The number of ether oxygens (including phenoxy) is 1. The van der Waals surface area contributed by atoms with E-state index in [0.717, 1.165) is 55.8 Å². The van der Waals surface area contributed by atoms with Crippen molar-refractivity contribution in [1.82, 2.24) is 10.2 Å². The van der Waals surface area contributed by atoms with Gasteiger partial charge in [0.25, 0.3) is 0 Å². The van der Waals surface area contributed by atoms with Gasteiger partial charge in [-0.25, -0.2) is 4.79 Å².